The maximum Gasteiger partial charge on any atom is 0.405 e. The van der Waals surface area contributed by atoms with Crippen molar-refractivity contribution in [2.24, 2.45) is 27.6 Å². The minimum absolute atomic E-state index is 0.00706. The van der Waals surface area contributed by atoms with Gasteiger partial charge in [-0.05, 0) is 54.8 Å². The van der Waals surface area contributed by atoms with Crippen LogP contribution in [0, 0.1) is 27.6 Å². The molecular weight excluding hydrogens is 562 g/mol. The van der Waals surface area contributed by atoms with Crippen molar-refractivity contribution < 1.29 is 32.7 Å². The molecule has 0 aromatic carbocycles. The van der Waals surface area contributed by atoms with Crippen LogP contribution in [-0.4, -0.2) is 83.8 Å². The Morgan fingerprint density at radius 2 is 1.64 bits per heavy atom. The Kier molecular flexibility index (Phi) is 7.08. The largest absolute Gasteiger partial charge is 0.465 e. The molecule has 0 aromatic rings. The van der Waals surface area contributed by atoms with E-state index in [2.05, 4.69) is 35.8 Å². The minimum atomic E-state index is -4.07. The molecule has 234 valence electrons. The van der Waals surface area contributed by atoms with Gasteiger partial charge in [0.25, 0.3) is 5.91 Å². The summed E-state index contributed by atoms with van der Waals surface area (Å²) in [4.78, 5) is 54.9. The van der Waals surface area contributed by atoms with Crippen LogP contribution in [0.4, 0.5) is 4.79 Å². The van der Waals surface area contributed by atoms with Crippen LogP contribution in [0.5, 0.6) is 0 Å². The van der Waals surface area contributed by atoms with Gasteiger partial charge in [-0.2, -0.15) is 12.7 Å². The average Bonchev–Trinajstić information content (AvgIpc) is 3.34. The number of nitrogens with zero attached hydrogens (tertiary/aromatic N) is 2. The van der Waals surface area contributed by atoms with Crippen molar-refractivity contribution in [2.45, 2.75) is 97.2 Å². The van der Waals surface area contributed by atoms with Gasteiger partial charge in [-0.3, -0.25) is 14.4 Å². The number of hydrogen-bond donors (Lipinski definition) is 4. The van der Waals surface area contributed by atoms with Crippen molar-refractivity contribution in [3.05, 3.63) is 12.7 Å². The first kappa shape index (κ1) is 30.8. The fourth-order valence-electron chi connectivity index (χ4n) is 8.54. The molecule has 2 heterocycles. The van der Waals surface area contributed by atoms with Gasteiger partial charge in [-0.25, -0.2) is 9.52 Å². The fraction of sp³-hybridized carbons (Fsp3) is 0.793. The summed E-state index contributed by atoms with van der Waals surface area (Å²) in [5.74, 6) is -2.31. The topological polar surface area (TPSA) is 165 Å². The lowest BCUT2D eigenvalue weighted by Crippen LogP contribution is -2.60. The van der Waals surface area contributed by atoms with Crippen molar-refractivity contribution in [1.82, 2.24) is 24.6 Å². The van der Waals surface area contributed by atoms with Crippen molar-refractivity contribution in [3.8, 4) is 0 Å². The third kappa shape index (κ3) is 4.36. The van der Waals surface area contributed by atoms with Crippen LogP contribution < -0.4 is 15.4 Å². The second-order valence-corrected chi connectivity index (χ2v) is 16.3. The molecule has 4 amide bonds. The zero-order valence-electron chi connectivity index (χ0n) is 25.3. The molecule has 5 aliphatic rings. The summed E-state index contributed by atoms with van der Waals surface area (Å²) < 4.78 is 29.1. The summed E-state index contributed by atoms with van der Waals surface area (Å²) in [6, 6.07) is -2.03. The molecule has 0 aromatic heterocycles. The number of hydrogen-bond acceptors (Lipinski definition) is 6. The van der Waals surface area contributed by atoms with E-state index < -0.39 is 63.0 Å². The van der Waals surface area contributed by atoms with Gasteiger partial charge < -0.3 is 20.6 Å². The summed E-state index contributed by atoms with van der Waals surface area (Å²) in [7, 11) is -4.07. The molecule has 5 fully saturated rings. The fourth-order valence-corrected chi connectivity index (χ4v) is 9.82. The average molecular weight is 608 g/mol. The Bertz CT molecular complexity index is 1310. The second-order valence-electron chi connectivity index (χ2n) is 14.6. The first-order valence-electron chi connectivity index (χ1n) is 15.0. The highest BCUT2D eigenvalue weighted by Crippen LogP contribution is 2.88. The molecule has 2 aliphatic heterocycles. The van der Waals surface area contributed by atoms with Gasteiger partial charge in [0.15, 0.2) is 0 Å². The number of carbonyl (C=O) groups excluding carboxylic acids is 3. The number of amides is 4. The van der Waals surface area contributed by atoms with Crippen LogP contribution in [0.1, 0.15) is 79.6 Å². The first-order chi connectivity index (χ1) is 19.4. The smallest absolute Gasteiger partial charge is 0.405 e. The Hall–Kier alpha value is -2.67. The second kappa shape index (κ2) is 9.67. The molecule has 12 nitrogen and oxygen atoms in total. The van der Waals surface area contributed by atoms with Gasteiger partial charge >= 0.3 is 16.3 Å². The lowest BCUT2D eigenvalue weighted by atomic mass is 9.73. The third-order valence-electron chi connectivity index (χ3n) is 11.5. The summed E-state index contributed by atoms with van der Waals surface area (Å²) in [5.41, 5.74) is -2.68. The van der Waals surface area contributed by atoms with Crippen LogP contribution in [0.2, 0.25) is 0 Å². The molecule has 4 N–H and O–H groups in total. The molecule has 2 spiro atoms. The van der Waals surface area contributed by atoms with Crippen LogP contribution in [-0.2, 0) is 24.6 Å². The van der Waals surface area contributed by atoms with E-state index in [1.807, 2.05) is 0 Å². The Morgan fingerprint density at radius 1 is 1.02 bits per heavy atom. The summed E-state index contributed by atoms with van der Waals surface area (Å²) in [6.45, 7) is 14.4. The van der Waals surface area contributed by atoms with E-state index in [0.717, 1.165) is 19.3 Å². The highest BCUT2D eigenvalue weighted by Gasteiger charge is 2.85. The summed E-state index contributed by atoms with van der Waals surface area (Å²) in [5, 5.41) is 14.7. The molecule has 3 aliphatic carbocycles. The van der Waals surface area contributed by atoms with Crippen LogP contribution >= 0.6 is 0 Å². The normalized spacial score (nSPS) is 33.5. The first-order valence-corrected chi connectivity index (χ1v) is 16.4. The number of rotatable bonds is 8. The third-order valence-corrected chi connectivity index (χ3v) is 12.9. The van der Waals surface area contributed by atoms with Crippen molar-refractivity contribution in [2.75, 3.05) is 19.6 Å². The Labute approximate surface area is 248 Å². The Balaban J connectivity index is 1.43. The van der Waals surface area contributed by atoms with Gasteiger partial charge in [0, 0.05) is 31.0 Å². The zero-order valence-corrected chi connectivity index (χ0v) is 26.1. The number of carboxylic acid groups (broad SMARTS) is 1. The molecule has 13 heteroatoms. The maximum absolute atomic E-state index is 14.1. The van der Waals surface area contributed by atoms with Crippen LogP contribution in [0.25, 0.3) is 0 Å². The van der Waals surface area contributed by atoms with E-state index in [0.29, 0.717) is 38.9 Å². The van der Waals surface area contributed by atoms with Gasteiger partial charge in [0.1, 0.15) is 17.6 Å². The van der Waals surface area contributed by atoms with E-state index in [-0.39, 0.29) is 22.7 Å². The minimum Gasteiger partial charge on any atom is -0.465 e. The molecular formula is C29H45N5O7S. The van der Waals surface area contributed by atoms with Crippen LogP contribution in [0.15, 0.2) is 12.7 Å². The molecule has 42 heavy (non-hydrogen) atoms. The molecule has 5 atom stereocenters. The lowest BCUT2D eigenvalue weighted by Gasteiger charge is -2.35. The molecule has 0 bridgehead atoms. The highest BCUT2D eigenvalue weighted by atomic mass is 32.2. The van der Waals surface area contributed by atoms with Crippen molar-refractivity contribution in [1.29, 1.82) is 0 Å². The number of carbonyl (C=O) groups is 4. The van der Waals surface area contributed by atoms with E-state index in [1.54, 1.807) is 20.8 Å². The van der Waals surface area contributed by atoms with E-state index in [9.17, 15) is 32.7 Å². The van der Waals surface area contributed by atoms with Gasteiger partial charge in [-0.1, -0.05) is 47.1 Å². The number of nitrogens with one attached hydrogen (secondary N) is 3. The number of fused-ring (bicyclic) bond motifs is 1. The molecule has 3 saturated carbocycles. The predicted molar refractivity (Wildman–Crippen MR) is 154 cm³/mol. The predicted octanol–water partition coefficient (Wildman–Crippen LogP) is 1.98. The van der Waals surface area contributed by atoms with Crippen LogP contribution in [0.3, 0.4) is 0 Å². The highest BCUT2D eigenvalue weighted by molar-refractivity contribution is 7.87. The molecule has 0 unspecified atom stereocenters. The monoisotopic (exact) mass is 607 g/mol. The van der Waals surface area contributed by atoms with E-state index in [4.69, 9.17) is 0 Å². The maximum atomic E-state index is 14.1. The number of likely N-dealkylation sites (tertiary alicyclic amines) is 1. The van der Waals surface area contributed by atoms with Gasteiger partial charge in [0.05, 0.1) is 0 Å². The summed E-state index contributed by atoms with van der Waals surface area (Å²) in [6.07, 6.45) is 5.30. The summed E-state index contributed by atoms with van der Waals surface area (Å²) >= 11 is 0. The van der Waals surface area contributed by atoms with Crippen molar-refractivity contribution in [3.63, 3.8) is 0 Å². The SMILES string of the molecule is C=C[C@@H]1C[C@]1(NC(=O)[C@@H]1C[C@@]2(CN1C(=O)[C@@H](NC(=O)O)C(C)(C)C)C(C)(C)C21CCC1)C(=O)NS(=O)(=O)N1CCCC1. The van der Waals surface area contributed by atoms with E-state index in [1.165, 1.54) is 15.3 Å². The standard InChI is InChI=1S/C29H45N5O7S/c1-7-18-15-29(18,23(37)32-42(40,41)33-13-8-9-14-33)31-21(35)19-16-28(26(5,6)27(28)11-10-12-27)17-34(19)22(36)20(25(2,3)4)30-24(38)39/h7,18-20,30H,1,8-17H2,2-6H3,(H,31,35)(H,32,37)(H,38,39)/t18-,19+,20-,28-,29-/m1/s1. The quantitative estimate of drug-likeness (QED) is 0.306. The lowest BCUT2D eigenvalue weighted by molar-refractivity contribution is -0.142. The van der Waals surface area contributed by atoms with Crippen molar-refractivity contribution >= 4 is 34.0 Å². The molecule has 5 rings (SSSR count). The molecule has 0 radical (unpaired) electrons. The van der Waals surface area contributed by atoms with E-state index >= 15 is 0 Å². The van der Waals surface area contributed by atoms with Gasteiger partial charge in [-0.15, -0.1) is 6.58 Å². The molecule has 2 saturated heterocycles. The van der Waals surface area contributed by atoms with Gasteiger partial charge in [0.2, 0.25) is 11.8 Å². The Morgan fingerprint density at radius 3 is 2.10 bits per heavy atom. The zero-order chi connectivity index (χ0) is 31.1.